The average Bonchev–Trinajstić information content (AvgIpc) is 2.17. The molecule has 0 aliphatic rings. The van der Waals surface area contributed by atoms with Gasteiger partial charge in [-0.05, 0) is 13.3 Å². The van der Waals surface area contributed by atoms with Crippen molar-refractivity contribution in [2.45, 2.75) is 39.2 Å². The number of carbonyl (C=O) groups excluding carboxylic acids is 1. The second-order valence-corrected chi connectivity index (χ2v) is 3.10. The van der Waals surface area contributed by atoms with Crippen molar-refractivity contribution < 1.29 is 9.53 Å². The zero-order valence-electron chi connectivity index (χ0n) is 8.32. The van der Waals surface area contributed by atoms with Crippen molar-refractivity contribution in [3.63, 3.8) is 0 Å². The number of nitriles is 1. The highest BCUT2D eigenvalue weighted by atomic mass is 16.5. The molecule has 0 amide bonds. The molecule has 0 aromatic rings. The van der Waals surface area contributed by atoms with Gasteiger partial charge in [0, 0.05) is 6.61 Å². The summed E-state index contributed by atoms with van der Waals surface area (Å²) in [7, 11) is 0. The molecule has 0 aromatic carbocycles. The van der Waals surface area contributed by atoms with Gasteiger partial charge in [-0.15, -0.1) is 0 Å². The molecule has 0 N–H and O–H groups in total. The first-order chi connectivity index (χ1) is 6.26. The summed E-state index contributed by atoms with van der Waals surface area (Å²) in [6, 6.07) is 2.00. The minimum atomic E-state index is -0.554. The van der Waals surface area contributed by atoms with Crippen LogP contribution < -0.4 is 0 Å². The lowest BCUT2D eigenvalue weighted by molar-refractivity contribution is -0.119. The minimum absolute atomic E-state index is 0.348. The molecule has 0 bridgehead atoms. The molecular formula is C10H17NO2. The molecule has 0 saturated carbocycles. The predicted octanol–water partition coefficient (Wildman–Crippen LogP) is 1.92. The number of carbonyl (C=O) groups is 1. The summed E-state index contributed by atoms with van der Waals surface area (Å²) in [6.45, 7) is 4.37. The van der Waals surface area contributed by atoms with Crippen LogP contribution in [0.2, 0.25) is 0 Å². The van der Waals surface area contributed by atoms with Crippen molar-refractivity contribution in [3.05, 3.63) is 0 Å². The van der Waals surface area contributed by atoms with Crippen LogP contribution in [0, 0.1) is 17.2 Å². The molecule has 3 heteroatoms. The van der Waals surface area contributed by atoms with Crippen LogP contribution in [0.1, 0.15) is 33.1 Å². The van der Waals surface area contributed by atoms with Crippen LogP contribution in [0.15, 0.2) is 0 Å². The van der Waals surface area contributed by atoms with E-state index in [0.29, 0.717) is 12.9 Å². The number of unbranched alkanes of at least 4 members (excludes halogenated alkanes) is 2. The first-order valence-corrected chi connectivity index (χ1v) is 4.72. The van der Waals surface area contributed by atoms with E-state index in [9.17, 15) is 4.79 Å². The van der Waals surface area contributed by atoms with Gasteiger partial charge in [0.1, 0.15) is 12.4 Å². The highest BCUT2D eigenvalue weighted by molar-refractivity contribution is 5.57. The van der Waals surface area contributed by atoms with Gasteiger partial charge in [0.25, 0.3) is 0 Å². The van der Waals surface area contributed by atoms with E-state index >= 15 is 0 Å². The maximum Gasteiger partial charge on any atom is 0.150 e. The topological polar surface area (TPSA) is 50.1 Å². The minimum Gasteiger partial charge on any atom is -0.369 e. The molecule has 0 fully saturated rings. The molecule has 0 aromatic heterocycles. The summed E-state index contributed by atoms with van der Waals surface area (Å²) in [5.41, 5.74) is 0. The zero-order valence-corrected chi connectivity index (χ0v) is 8.32. The Kier molecular flexibility index (Phi) is 7.23. The van der Waals surface area contributed by atoms with Crippen molar-refractivity contribution in [1.29, 1.82) is 5.26 Å². The van der Waals surface area contributed by atoms with Crippen molar-refractivity contribution in [2.75, 3.05) is 6.61 Å². The Balaban J connectivity index is 3.61. The largest absolute Gasteiger partial charge is 0.369 e. The zero-order chi connectivity index (χ0) is 10.1. The molecule has 74 valence electrons. The summed E-state index contributed by atoms with van der Waals surface area (Å²) in [4.78, 5) is 10.5. The van der Waals surface area contributed by atoms with Gasteiger partial charge in [-0.1, -0.05) is 19.8 Å². The van der Waals surface area contributed by atoms with E-state index in [1.165, 1.54) is 0 Å². The molecule has 2 unspecified atom stereocenters. The summed E-state index contributed by atoms with van der Waals surface area (Å²) in [5.74, 6) is -0.348. The number of rotatable bonds is 7. The Morgan fingerprint density at radius 3 is 2.69 bits per heavy atom. The predicted molar refractivity (Wildman–Crippen MR) is 50.1 cm³/mol. The molecule has 0 radical (unpaired) electrons. The third-order valence-corrected chi connectivity index (χ3v) is 1.89. The van der Waals surface area contributed by atoms with Crippen molar-refractivity contribution >= 4 is 6.29 Å². The van der Waals surface area contributed by atoms with Gasteiger partial charge in [-0.2, -0.15) is 5.26 Å². The monoisotopic (exact) mass is 183 g/mol. The molecule has 2 atom stereocenters. The van der Waals surface area contributed by atoms with E-state index < -0.39 is 6.10 Å². The lowest BCUT2D eigenvalue weighted by Gasteiger charge is -2.12. The highest BCUT2D eigenvalue weighted by Gasteiger charge is 2.15. The van der Waals surface area contributed by atoms with Gasteiger partial charge >= 0.3 is 0 Å². The Morgan fingerprint density at radius 1 is 1.54 bits per heavy atom. The number of nitrogens with zero attached hydrogens (tertiary/aromatic N) is 1. The number of aldehydes is 1. The Hall–Kier alpha value is -0.880. The third kappa shape index (κ3) is 5.37. The Morgan fingerprint density at radius 2 is 2.23 bits per heavy atom. The van der Waals surface area contributed by atoms with E-state index in [2.05, 4.69) is 6.92 Å². The van der Waals surface area contributed by atoms with Crippen molar-refractivity contribution in [2.24, 2.45) is 5.92 Å². The second-order valence-electron chi connectivity index (χ2n) is 3.10. The molecular weight excluding hydrogens is 166 g/mol. The Labute approximate surface area is 79.7 Å². The highest BCUT2D eigenvalue weighted by Crippen LogP contribution is 2.05. The van der Waals surface area contributed by atoms with E-state index in [1.807, 2.05) is 6.07 Å². The Bertz CT molecular complexity index is 174. The van der Waals surface area contributed by atoms with Gasteiger partial charge in [0.15, 0.2) is 0 Å². The van der Waals surface area contributed by atoms with Gasteiger partial charge in [0.05, 0.1) is 12.0 Å². The number of ether oxygens (including phenoxy) is 1. The first kappa shape index (κ1) is 12.1. The quantitative estimate of drug-likeness (QED) is 0.447. The summed E-state index contributed by atoms with van der Waals surface area (Å²) in [5, 5.41) is 8.55. The number of hydrogen-bond donors (Lipinski definition) is 0. The molecule has 0 saturated heterocycles. The normalized spacial score (nSPS) is 14.5. The van der Waals surface area contributed by atoms with Crippen LogP contribution in [-0.2, 0) is 9.53 Å². The summed E-state index contributed by atoms with van der Waals surface area (Å²) >= 11 is 0. The molecule has 13 heavy (non-hydrogen) atoms. The molecule has 0 aliphatic carbocycles. The van der Waals surface area contributed by atoms with Crippen molar-refractivity contribution in [3.8, 4) is 6.07 Å². The van der Waals surface area contributed by atoms with Crippen LogP contribution in [0.4, 0.5) is 0 Å². The first-order valence-electron chi connectivity index (χ1n) is 4.72. The maximum atomic E-state index is 10.5. The third-order valence-electron chi connectivity index (χ3n) is 1.89. The summed E-state index contributed by atoms with van der Waals surface area (Å²) < 4.78 is 5.26. The lowest BCUT2D eigenvalue weighted by atomic mass is 10.1. The SMILES string of the molecule is CCCCCOC(C=O)C(C)C#N. The van der Waals surface area contributed by atoms with Gasteiger partial charge in [-0.3, -0.25) is 0 Å². The van der Waals surface area contributed by atoms with E-state index in [0.717, 1.165) is 19.3 Å². The molecule has 0 rings (SSSR count). The van der Waals surface area contributed by atoms with Gasteiger partial charge in [0.2, 0.25) is 0 Å². The van der Waals surface area contributed by atoms with Crippen LogP contribution in [-0.4, -0.2) is 19.0 Å². The standard InChI is InChI=1S/C10H17NO2/c1-3-4-5-6-13-10(8-12)9(2)7-11/h8-10H,3-6H2,1-2H3. The number of hydrogen-bond acceptors (Lipinski definition) is 3. The van der Waals surface area contributed by atoms with Crippen LogP contribution >= 0.6 is 0 Å². The van der Waals surface area contributed by atoms with Crippen LogP contribution in [0.25, 0.3) is 0 Å². The van der Waals surface area contributed by atoms with Crippen LogP contribution in [0.3, 0.4) is 0 Å². The molecule has 0 aliphatic heterocycles. The fourth-order valence-corrected chi connectivity index (χ4v) is 0.946. The fraction of sp³-hybridized carbons (Fsp3) is 0.800. The maximum absolute atomic E-state index is 10.5. The lowest BCUT2D eigenvalue weighted by Crippen LogP contribution is -2.22. The van der Waals surface area contributed by atoms with Gasteiger partial charge < -0.3 is 9.53 Å². The van der Waals surface area contributed by atoms with E-state index in [4.69, 9.17) is 10.00 Å². The van der Waals surface area contributed by atoms with Crippen LogP contribution in [0.5, 0.6) is 0 Å². The van der Waals surface area contributed by atoms with E-state index in [-0.39, 0.29) is 5.92 Å². The van der Waals surface area contributed by atoms with Crippen molar-refractivity contribution in [1.82, 2.24) is 0 Å². The smallest absolute Gasteiger partial charge is 0.150 e. The molecule has 0 heterocycles. The van der Waals surface area contributed by atoms with E-state index in [1.54, 1.807) is 6.92 Å². The fourth-order valence-electron chi connectivity index (χ4n) is 0.946. The molecule has 3 nitrogen and oxygen atoms in total. The second kappa shape index (κ2) is 7.75. The van der Waals surface area contributed by atoms with Gasteiger partial charge in [-0.25, -0.2) is 0 Å². The molecule has 0 spiro atoms. The summed E-state index contributed by atoms with van der Waals surface area (Å²) in [6.07, 6.45) is 3.34. The average molecular weight is 183 g/mol.